The Morgan fingerprint density at radius 1 is 1.45 bits per heavy atom. The standard InChI is InChI=1S/C9H19NO/c1-8(6-5-7-11)10-9(2,3)4/h10-11H,1,5-7H2,2-4H3. The summed E-state index contributed by atoms with van der Waals surface area (Å²) in [4.78, 5) is 0. The maximum Gasteiger partial charge on any atom is 0.0434 e. The number of aliphatic hydroxyl groups excluding tert-OH is 1. The van der Waals surface area contributed by atoms with Crippen LogP contribution < -0.4 is 5.32 Å². The fourth-order valence-corrected chi connectivity index (χ4v) is 0.885. The zero-order chi connectivity index (χ0) is 8.91. The number of aliphatic hydroxyl groups is 1. The van der Waals surface area contributed by atoms with Crippen molar-refractivity contribution in [2.75, 3.05) is 6.61 Å². The zero-order valence-corrected chi connectivity index (χ0v) is 7.78. The summed E-state index contributed by atoms with van der Waals surface area (Å²) in [5.74, 6) is 0. The predicted molar refractivity (Wildman–Crippen MR) is 48.3 cm³/mol. The summed E-state index contributed by atoms with van der Waals surface area (Å²) in [6.45, 7) is 10.4. The second-order valence-corrected chi connectivity index (χ2v) is 3.81. The van der Waals surface area contributed by atoms with Gasteiger partial charge in [-0.2, -0.15) is 0 Å². The fourth-order valence-electron chi connectivity index (χ4n) is 0.885. The average molecular weight is 157 g/mol. The first-order chi connectivity index (χ1) is 4.95. The predicted octanol–water partition coefficient (Wildman–Crippen LogP) is 1.66. The van der Waals surface area contributed by atoms with E-state index in [0.29, 0.717) is 0 Å². The molecule has 0 aromatic heterocycles. The van der Waals surface area contributed by atoms with Gasteiger partial charge in [-0.1, -0.05) is 6.58 Å². The van der Waals surface area contributed by atoms with E-state index < -0.39 is 0 Å². The second-order valence-electron chi connectivity index (χ2n) is 3.81. The van der Waals surface area contributed by atoms with Gasteiger partial charge in [0.25, 0.3) is 0 Å². The second kappa shape index (κ2) is 4.39. The maximum atomic E-state index is 8.54. The summed E-state index contributed by atoms with van der Waals surface area (Å²) in [6.07, 6.45) is 1.65. The Hall–Kier alpha value is -0.500. The molecule has 0 atom stereocenters. The summed E-state index contributed by atoms with van der Waals surface area (Å²) in [5.41, 5.74) is 1.10. The van der Waals surface area contributed by atoms with E-state index >= 15 is 0 Å². The molecule has 2 nitrogen and oxygen atoms in total. The van der Waals surface area contributed by atoms with E-state index in [1.807, 2.05) is 0 Å². The summed E-state index contributed by atoms with van der Waals surface area (Å²) >= 11 is 0. The minimum atomic E-state index is 0.0898. The number of hydrogen-bond donors (Lipinski definition) is 2. The molecule has 0 aliphatic carbocycles. The SMILES string of the molecule is C=C(CCCO)NC(C)(C)C. The molecule has 0 rings (SSSR count). The molecule has 0 saturated carbocycles. The molecule has 0 radical (unpaired) electrons. The summed E-state index contributed by atoms with van der Waals surface area (Å²) < 4.78 is 0. The van der Waals surface area contributed by atoms with Crippen molar-refractivity contribution in [1.82, 2.24) is 5.32 Å². The minimum Gasteiger partial charge on any atom is -0.396 e. The Balaban J connectivity index is 3.53. The largest absolute Gasteiger partial charge is 0.396 e. The molecule has 0 saturated heterocycles. The molecule has 2 heteroatoms. The monoisotopic (exact) mass is 157 g/mol. The normalized spacial score (nSPS) is 11.3. The van der Waals surface area contributed by atoms with Crippen LogP contribution in [0.2, 0.25) is 0 Å². The zero-order valence-electron chi connectivity index (χ0n) is 7.78. The Labute approximate surface area is 69.3 Å². The number of nitrogens with one attached hydrogen (secondary N) is 1. The van der Waals surface area contributed by atoms with E-state index in [0.717, 1.165) is 18.5 Å². The lowest BCUT2D eigenvalue weighted by Gasteiger charge is -2.23. The number of allylic oxidation sites excluding steroid dienone is 1. The van der Waals surface area contributed by atoms with E-state index in [9.17, 15) is 0 Å². The molecule has 0 aliphatic rings. The highest BCUT2D eigenvalue weighted by molar-refractivity contribution is 4.95. The summed E-state index contributed by atoms with van der Waals surface area (Å²) in [7, 11) is 0. The van der Waals surface area contributed by atoms with E-state index in [4.69, 9.17) is 5.11 Å². The van der Waals surface area contributed by atoms with Crippen LogP contribution in [0.15, 0.2) is 12.3 Å². The molecule has 0 aromatic carbocycles. The molecular weight excluding hydrogens is 138 g/mol. The third kappa shape index (κ3) is 7.40. The Bertz CT molecular complexity index is 124. The van der Waals surface area contributed by atoms with Crippen LogP contribution in [0, 0.1) is 0 Å². The highest BCUT2D eigenvalue weighted by atomic mass is 16.2. The van der Waals surface area contributed by atoms with Gasteiger partial charge in [0, 0.05) is 17.8 Å². The van der Waals surface area contributed by atoms with Crippen LogP contribution in [-0.2, 0) is 0 Å². The highest BCUT2D eigenvalue weighted by Gasteiger charge is 2.08. The minimum absolute atomic E-state index is 0.0898. The lowest BCUT2D eigenvalue weighted by molar-refractivity contribution is 0.286. The molecule has 0 bridgehead atoms. The number of rotatable bonds is 4. The third-order valence-corrected chi connectivity index (χ3v) is 1.19. The van der Waals surface area contributed by atoms with Crippen molar-refractivity contribution in [3.63, 3.8) is 0 Å². The molecule has 0 heterocycles. The van der Waals surface area contributed by atoms with E-state index in [-0.39, 0.29) is 12.1 Å². The molecule has 0 fully saturated rings. The lowest BCUT2D eigenvalue weighted by atomic mass is 10.1. The molecule has 11 heavy (non-hydrogen) atoms. The van der Waals surface area contributed by atoms with Crippen molar-refractivity contribution >= 4 is 0 Å². The van der Waals surface area contributed by atoms with Gasteiger partial charge in [-0.15, -0.1) is 0 Å². The van der Waals surface area contributed by atoms with Gasteiger partial charge in [0.1, 0.15) is 0 Å². The van der Waals surface area contributed by atoms with Gasteiger partial charge in [0.2, 0.25) is 0 Å². The van der Waals surface area contributed by atoms with Crippen LogP contribution >= 0.6 is 0 Å². The van der Waals surface area contributed by atoms with Crippen molar-refractivity contribution < 1.29 is 5.11 Å². The Kier molecular flexibility index (Phi) is 4.19. The maximum absolute atomic E-state index is 8.54. The van der Waals surface area contributed by atoms with Crippen LogP contribution in [0.3, 0.4) is 0 Å². The van der Waals surface area contributed by atoms with E-state index in [1.165, 1.54) is 0 Å². The molecule has 0 unspecified atom stereocenters. The van der Waals surface area contributed by atoms with Crippen molar-refractivity contribution in [3.05, 3.63) is 12.3 Å². The lowest BCUT2D eigenvalue weighted by Crippen LogP contribution is -2.34. The van der Waals surface area contributed by atoms with Crippen molar-refractivity contribution in [3.8, 4) is 0 Å². The first-order valence-electron chi connectivity index (χ1n) is 4.02. The first kappa shape index (κ1) is 10.5. The van der Waals surface area contributed by atoms with Gasteiger partial charge >= 0.3 is 0 Å². The van der Waals surface area contributed by atoms with Crippen LogP contribution in [0.1, 0.15) is 33.6 Å². The van der Waals surface area contributed by atoms with Gasteiger partial charge in [0.15, 0.2) is 0 Å². The summed E-state index contributed by atoms with van der Waals surface area (Å²) in [5, 5.41) is 11.8. The fraction of sp³-hybridized carbons (Fsp3) is 0.778. The van der Waals surface area contributed by atoms with Gasteiger partial charge in [0.05, 0.1) is 0 Å². The molecular formula is C9H19NO. The molecule has 2 N–H and O–H groups in total. The smallest absolute Gasteiger partial charge is 0.0434 e. The van der Waals surface area contributed by atoms with Crippen molar-refractivity contribution in [2.45, 2.75) is 39.2 Å². The van der Waals surface area contributed by atoms with E-state index in [1.54, 1.807) is 0 Å². The van der Waals surface area contributed by atoms with Gasteiger partial charge in [-0.3, -0.25) is 0 Å². The van der Waals surface area contributed by atoms with Gasteiger partial charge in [-0.05, 0) is 33.6 Å². The first-order valence-corrected chi connectivity index (χ1v) is 4.02. The van der Waals surface area contributed by atoms with Crippen LogP contribution in [0.5, 0.6) is 0 Å². The Morgan fingerprint density at radius 2 is 2.00 bits per heavy atom. The molecule has 0 spiro atoms. The Morgan fingerprint density at radius 3 is 2.36 bits per heavy atom. The third-order valence-electron chi connectivity index (χ3n) is 1.19. The molecule has 0 aromatic rings. The van der Waals surface area contributed by atoms with Crippen LogP contribution in [0.4, 0.5) is 0 Å². The average Bonchev–Trinajstić information content (AvgIpc) is 1.79. The van der Waals surface area contributed by atoms with Gasteiger partial charge < -0.3 is 10.4 Å². The molecule has 66 valence electrons. The summed E-state index contributed by atoms with van der Waals surface area (Å²) in [6, 6.07) is 0. The number of hydrogen-bond acceptors (Lipinski definition) is 2. The van der Waals surface area contributed by atoms with Crippen LogP contribution in [-0.4, -0.2) is 17.3 Å². The van der Waals surface area contributed by atoms with Crippen LogP contribution in [0.25, 0.3) is 0 Å². The molecule has 0 aliphatic heterocycles. The topological polar surface area (TPSA) is 32.3 Å². The quantitative estimate of drug-likeness (QED) is 0.650. The van der Waals surface area contributed by atoms with Crippen molar-refractivity contribution in [1.29, 1.82) is 0 Å². The molecule has 0 amide bonds. The highest BCUT2D eigenvalue weighted by Crippen LogP contribution is 2.06. The van der Waals surface area contributed by atoms with Crippen molar-refractivity contribution in [2.24, 2.45) is 0 Å². The van der Waals surface area contributed by atoms with Gasteiger partial charge in [-0.25, -0.2) is 0 Å². The van der Waals surface area contributed by atoms with E-state index in [2.05, 4.69) is 32.7 Å².